The molecule has 1 N–H and O–H groups in total. The van der Waals surface area contributed by atoms with E-state index in [0.29, 0.717) is 18.2 Å². The van der Waals surface area contributed by atoms with Crippen molar-refractivity contribution in [3.8, 4) is 0 Å². The van der Waals surface area contributed by atoms with E-state index >= 15 is 0 Å². The van der Waals surface area contributed by atoms with Crippen LogP contribution in [0.3, 0.4) is 0 Å². The Kier molecular flexibility index (Phi) is 10.9. The van der Waals surface area contributed by atoms with Gasteiger partial charge in [0.05, 0.1) is 13.2 Å². The molecular formula is C15H32IN3O2S. The highest BCUT2D eigenvalue weighted by atomic mass is 127. The molecule has 1 heterocycles. The van der Waals surface area contributed by atoms with Gasteiger partial charge in [0, 0.05) is 54.0 Å². The van der Waals surface area contributed by atoms with Gasteiger partial charge in [-0.3, -0.25) is 9.20 Å². The molecule has 0 saturated carbocycles. The number of hydrogen-bond donors (Lipinski definition) is 1. The first-order valence-corrected chi connectivity index (χ1v) is 9.12. The standard InChI is InChI=1S/C15H31N3O2S.HI/c1-6-16-14(17-8-10-21(19)15(2,3)4)18(5)11-13-7-9-20-12-13;/h13H,6-12H2,1-5H3,(H,16,17);1H. The van der Waals surface area contributed by atoms with E-state index in [1.54, 1.807) is 0 Å². The molecule has 0 aromatic rings. The lowest BCUT2D eigenvalue weighted by Crippen LogP contribution is -2.41. The van der Waals surface area contributed by atoms with E-state index < -0.39 is 10.8 Å². The molecule has 1 aliphatic rings. The van der Waals surface area contributed by atoms with Crippen molar-refractivity contribution in [2.75, 3.05) is 45.6 Å². The highest BCUT2D eigenvalue weighted by Gasteiger charge is 2.20. The van der Waals surface area contributed by atoms with Crippen LogP contribution in [0.25, 0.3) is 0 Å². The second-order valence-corrected chi connectivity index (χ2v) is 8.83. The zero-order valence-corrected chi connectivity index (χ0v) is 17.7. The molecule has 22 heavy (non-hydrogen) atoms. The third-order valence-corrected chi connectivity index (χ3v) is 5.39. The van der Waals surface area contributed by atoms with Gasteiger partial charge in [-0.05, 0) is 34.1 Å². The summed E-state index contributed by atoms with van der Waals surface area (Å²) in [5.41, 5.74) is 0. The third kappa shape index (κ3) is 8.10. The molecule has 0 spiro atoms. The molecule has 2 atom stereocenters. The molecule has 7 heteroatoms. The predicted molar refractivity (Wildman–Crippen MR) is 106 cm³/mol. The van der Waals surface area contributed by atoms with Crippen LogP contribution in [0.5, 0.6) is 0 Å². The van der Waals surface area contributed by atoms with Crippen molar-refractivity contribution < 1.29 is 8.95 Å². The number of ether oxygens (including phenoxy) is 1. The van der Waals surface area contributed by atoms with Gasteiger partial charge in [-0.1, -0.05) is 0 Å². The fourth-order valence-corrected chi connectivity index (χ4v) is 3.08. The molecule has 1 fully saturated rings. The summed E-state index contributed by atoms with van der Waals surface area (Å²) in [6.45, 7) is 12.2. The predicted octanol–water partition coefficient (Wildman–Crippen LogP) is 2.09. The minimum atomic E-state index is -0.848. The normalized spacial score (nSPS) is 20.4. The van der Waals surface area contributed by atoms with Crippen molar-refractivity contribution in [3.63, 3.8) is 0 Å². The fraction of sp³-hybridized carbons (Fsp3) is 0.933. The molecule has 5 nitrogen and oxygen atoms in total. The van der Waals surface area contributed by atoms with Gasteiger partial charge in [0.1, 0.15) is 0 Å². The van der Waals surface area contributed by atoms with Crippen molar-refractivity contribution in [1.29, 1.82) is 0 Å². The van der Waals surface area contributed by atoms with Crippen molar-refractivity contribution in [1.82, 2.24) is 10.2 Å². The monoisotopic (exact) mass is 445 g/mol. The summed E-state index contributed by atoms with van der Waals surface area (Å²) >= 11 is 0. The van der Waals surface area contributed by atoms with Gasteiger partial charge in [0.25, 0.3) is 0 Å². The molecule has 2 unspecified atom stereocenters. The van der Waals surface area contributed by atoms with E-state index in [4.69, 9.17) is 4.74 Å². The number of rotatable bonds is 6. The van der Waals surface area contributed by atoms with E-state index in [0.717, 1.165) is 38.7 Å². The van der Waals surface area contributed by atoms with Crippen LogP contribution in [0.1, 0.15) is 34.1 Å². The Balaban J connectivity index is 0.00000441. The highest BCUT2D eigenvalue weighted by Crippen LogP contribution is 2.13. The van der Waals surface area contributed by atoms with Crippen LogP contribution >= 0.6 is 24.0 Å². The van der Waals surface area contributed by atoms with Crippen LogP contribution in [-0.4, -0.2) is 65.5 Å². The SMILES string of the molecule is CCNC(=NCCS(=O)C(C)(C)C)N(C)CC1CCOC1.I. The molecule has 132 valence electrons. The number of guanidine groups is 1. The Morgan fingerprint density at radius 1 is 1.45 bits per heavy atom. The first-order chi connectivity index (χ1) is 9.84. The van der Waals surface area contributed by atoms with Crippen LogP contribution in [-0.2, 0) is 15.5 Å². The van der Waals surface area contributed by atoms with Crippen molar-refractivity contribution >= 4 is 40.7 Å². The van der Waals surface area contributed by atoms with Crippen molar-refractivity contribution in [3.05, 3.63) is 0 Å². The van der Waals surface area contributed by atoms with Gasteiger partial charge >= 0.3 is 0 Å². The zero-order chi connectivity index (χ0) is 15.9. The average molecular weight is 445 g/mol. The van der Waals surface area contributed by atoms with Crippen molar-refractivity contribution in [2.24, 2.45) is 10.9 Å². The topological polar surface area (TPSA) is 53.9 Å². The molecule has 1 rings (SSSR count). The molecule has 0 aromatic carbocycles. The van der Waals surface area contributed by atoms with Crippen LogP contribution in [0.15, 0.2) is 4.99 Å². The Hall–Kier alpha value is 0.110. The lowest BCUT2D eigenvalue weighted by Gasteiger charge is -2.24. The Bertz CT molecular complexity index is 366. The number of nitrogens with one attached hydrogen (secondary N) is 1. The maximum atomic E-state index is 12.0. The van der Waals surface area contributed by atoms with Gasteiger partial charge < -0.3 is 15.0 Å². The second kappa shape index (κ2) is 10.8. The lowest BCUT2D eigenvalue weighted by molar-refractivity contribution is 0.181. The maximum Gasteiger partial charge on any atom is 0.193 e. The number of hydrogen-bond acceptors (Lipinski definition) is 3. The van der Waals surface area contributed by atoms with Gasteiger partial charge in [0.2, 0.25) is 0 Å². The average Bonchev–Trinajstić information content (AvgIpc) is 2.89. The minimum Gasteiger partial charge on any atom is -0.381 e. The summed E-state index contributed by atoms with van der Waals surface area (Å²) in [5, 5.41) is 3.30. The number of aliphatic imine (C=N–C) groups is 1. The van der Waals surface area contributed by atoms with Gasteiger partial charge in [-0.2, -0.15) is 0 Å². The Morgan fingerprint density at radius 3 is 2.64 bits per heavy atom. The molecule has 0 aliphatic carbocycles. The minimum absolute atomic E-state index is 0. The first kappa shape index (κ1) is 22.1. The van der Waals surface area contributed by atoms with Gasteiger partial charge in [-0.15, -0.1) is 24.0 Å². The largest absolute Gasteiger partial charge is 0.381 e. The van der Waals surface area contributed by atoms with E-state index in [9.17, 15) is 4.21 Å². The van der Waals surface area contributed by atoms with E-state index in [1.165, 1.54) is 0 Å². The summed E-state index contributed by atoms with van der Waals surface area (Å²) in [6.07, 6.45) is 1.12. The summed E-state index contributed by atoms with van der Waals surface area (Å²) in [6, 6.07) is 0. The van der Waals surface area contributed by atoms with Gasteiger partial charge in [0.15, 0.2) is 5.96 Å². The van der Waals surface area contributed by atoms with E-state index in [2.05, 4.69) is 29.2 Å². The number of halogens is 1. The molecule has 0 radical (unpaired) electrons. The highest BCUT2D eigenvalue weighted by molar-refractivity contribution is 14.0. The quantitative estimate of drug-likeness (QED) is 0.387. The smallest absolute Gasteiger partial charge is 0.193 e. The molecule has 0 bridgehead atoms. The number of nitrogens with zero attached hydrogens (tertiary/aromatic N) is 2. The molecule has 1 saturated heterocycles. The molecule has 0 amide bonds. The lowest BCUT2D eigenvalue weighted by atomic mass is 10.1. The van der Waals surface area contributed by atoms with Crippen LogP contribution in [0.2, 0.25) is 0 Å². The zero-order valence-electron chi connectivity index (χ0n) is 14.6. The molecule has 0 aromatic heterocycles. The third-order valence-electron chi connectivity index (χ3n) is 3.47. The summed E-state index contributed by atoms with van der Waals surface area (Å²) in [5.74, 6) is 2.09. The second-order valence-electron chi connectivity index (χ2n) is 6.51. The van der Waals surface area contributed by atoms with Crippen molar-refractivity contribution in [2.45, 2.75) is 38.9 Å². The van der Waals surface area contributed by atoms with Crippen LogP contribution in [0.4, 0.5) is 0 Å². The summed E-state index contributed by atoms with van der Waals surface area (Å²) in [7, 11) is 1.21. The van der Waals surface area contributed by atoms with Crippen LogP contribution < -0.4 is 5.32 Å². The van der Waals surface area contributed by atoms with Gasteiger partial charge in [-0.25, -0.2) is 0 Å². The fourth-order valence-electron chi connectivity index (χ4n) is 2.21. The van der Waals surface area contributed by atoms with Crippen LogP contribution in [0, 0.1) is 5.92 Å². The summed E-state index contributed by atoms with van der Waals surface area (Å²) < 4.78 is 17.3. The Morgan fingerprint density at radius 2 is 2.14 bits per heavy atom. The first-order valence-electron chi connectivity index (χ1n) is 7.80. The summed E-state index contributed by atoms with van der Waals surface area (Å²) in [4.78, 5) is 6.76. The van der Waals surface area contributed by atoms with E-state index in [1.807, 2.05) is 20.8 Å². The van der Waals surface area contributed by atoms with E-state index in [-0.39, 0.29) is 28.7 Å². The molecule has 1 aliphatic heterocycles. The molecular weight excluding hydrogens is 413 g/mol. The maximum absolute atomic E-state index is 12.0. The Labute approximate surface area is 155 Å².